The zero-order valence-electron chi connectivity index (χ0n) is 12.9. The SMILES string of the molecule is CC.CC.c1ccc(-c2nc(-c3ccccn3)no2)cc1. The minimum Gasteiger partial charge on any atom is -0.334 e. The molecule has 110 valence electrons. The van der Waals surface area contributed by atoms with Crippen molar-refractivity contribution < 1.29 is 4.52 Å². The van der Waals surface area contributed by atoms with Gasteiger partial charge in [-0.25, -0.2) is 0 Å². The summed E-state index contributed by atoms with van der Waals surface area (Å²) in [5.74, 6) is 1.01. The first-order valence-corrected chi connectivity index (χ1v) is 7.24. The molecule has 0 radical (unpaired) electrons. The van der Waals surface area contributed by atoms with Crippen LogP contribution in [0, 0.1) is 0 Å². The molecular formula is C17H21N3O. The average molecular weight is 283 g/mol. The predicted molar refractivity (Wildman–Crippen MR) is 85.7 cm³/mol. The molecule has 0 fully saturated rings. The van der Waals surface area contributed by atoms with Crippen molar-refractivity contribution in [3.63, 3.8) is 0 Å². The zero-order chi connectivity index (χ0) is 15.5. The molecule has 1 aromatic carbocycles. The van der Waals surface area contributed by atoms with E-state index in [0.717, 1.165) is 5.56 Å². The van der Waals surface area contributed by atoms with Gasteiger partial charge in [0.15, 0.2) is 0 Å². The third kappa shape index (κ3) is 4.53. The summed E-state index contributed by atoms with van der Waals surface area (Å²) in [6.45, 7) is 8.00. The van der Waals surface area contributed by atoms with E-state index in [0.29, 0.717) is 17.4 Å². The van der Waals surface area contributed by atoms with Crippen molar-refractivity contribution in [1.29, 1.82) is 0 Å². The first-order valence-electron chi connectivity index (χ1n) is 7.24. The Balaban J connectivity index is 0.000000510. The van der Waals surface area contributed by atoms with Gasteiger partial charge in [-0.05, 0) is 24.3 Å². The molecule has 3 aromatic rings. The van der Waals surface area contributed by atoms with E-state index in [1.165, 1.54) is 0 Å². The highest BCUT2D eigenvalue weighted by Gasteiger charge is 2.10. The molecule has 0 aliphatic rings. The second-order valence-electron chi connectivity index (χ2n) is 3.50. The van der Waals surface area contributed by atoms with Gasteiger partial charge in [0.25, 0.3) is 5.89 Å². The second-order valence-corrected chi connectivity index (χ2v) is 3.50. The van der Waals surface area contributed by atoms with Crippen LogP contribution in [0.1, 0.15) is 27.7 Å². The van der Waals surface area contributed by atoms with Gasteiger partial charge in [-0.2, -0.15) is 4.98 Å². The topological polar surface area (TPSA) is 51.8 Å². The smallest absolute Gasteiger partial charge is 0.258 e. The van der Waals surface area contributed by atoms with Crippen LogP contribution in [0.4, 0.5) is 0 Å². The number of benzene rings is 1. The van der Waals surface area contributed by atoms with Crippen LogP contribution in [0.25, 0.3) is 23.0 Å². The molecule has 0 bridgehead atoms. The summed E-state index contributed by atoms with van der Waals surface area (Å²) < 4.78 is 5.20. The van der Waals surface area contributed by atoms with Gasteiger partial charge in [0.05, 0.1) is 0 Å². The van der Waals surface area contributed by atoms with Crippen molar-refractivity contribution in [2.75, 3.05) is 0 Å². The Morgan fingerprint density at radius 2 is 1.48 bits per heavy atom. The van der Waals surface area contributed by atoms with Crippen molar-refractivity contribution in [2.45, 2.75) is 27.7 Å². The molecule has 0 aliphatic heterocycles. The Morgan fingerprint density at radius 1 is 0.810 bits per heavy atom. The van der Waals surface area contributed by atoms with E-state index in [1.807, 2.05) is 76.2 Å². The summed E-state index contributed by atoms with van der Waals surface area (Å²) in [6, 6.07) is 15.2. The third-order valence-corrected chi connectivity index (χ3v) is 2.34. The number of pyridine rings is 1. The monoisotopic (exact) mass is 283 g/mol. The summed E-state index contributed by atoms with van der Waals surface area (Å²) in [6.07, 6.45) is 1.70. The Hall–Kier alpha value is -2.49. The second kappa shape index (κ2) is 9.42. The normalized spacial score (nSPS) is 8.95. The summed E-state index contributed by atoms with van der Waals surface area (Å²) in [4.78, 5) is 8.48. The van der Waals surface area contributed by atoms with E-state index in [1.54, 1.807) is 6.20 Å². The number of rotatable bonds is 2. The van der Waals surface area contributed by atoms with Crippen LogP contribution in [0.3, 0.4) is 0 Å². The van der Waals surface area contributed by atoms with Crippen molar-refractivity contribution in [2.24, 2.45) is 0 Å². The highest BCUT2D eigenvalue weighted by molar-refractivity contribution is 5.56. The van der Waals surface area contributed by atoms with Gasteiger partial charge in [-0.3, -0.25) is 4.98 Å². The molecule has 0 N–H and O–H groups in total. The maximum atomic E-state index is 5.20. The molecule has 0 unspecified atom stereocenters. The molecule has 0 saturated carbocycles. The predicted octanol–water partition coefficient (Wildman–Crippen LogP) is 4.85. The quantitative estimate of drug-likeness (QED) is 0.674. The van der Waals surface area contributed by atoms with Gasteiger partial charge in [0, 0.05) is 11.8 Å². The summed E-state index contributed by atoms with van der Waals surface area (Å²) >= 11 is 0. The van der Waals surface area contributed by atoms with Crippen LogP contribution in [0.15, 0.2) is 59.3 Å². The van der Waals surface area contributed by atoms with Gasteiger partial charge in [-0.1, -0.05) is 57.1 Å². The van der Waals surface area contributed by atoms with Gasteiger partial charge in [0.2, 0.25) is 5.82 Å². The molecule has 4 nitrogen and oxygen atoms in total. The summed E-state index contributed by atoms with van der Waals surface area (Å²) in [5.41, 5.74) is 1.61. The van der Waals surface area contributed by atoms with Gasteiger partial charge in [0.1, 0.15) is 5.69 Å². The molecule has 0 amide bonds. The Labute approximate surface area is 125 Å². The molecule has 0 atom stereocenters. The highest BCUT2D eigenvalue weighted by atomic mass is 16.5. The van der Waals surface area contributed by atoms with Crippen molar-refractivity contribution in [3.05, 3.63) is 54.7 Å². The first kappa shape index (κ1) is 16.6. The maximum Gasteiger partial charge on any atom is 0.258 e. The lowest BCUT2D eigenvalue weighted by molar-refractivity contribution is 0.432. The van der Waals surface area contributed by atoms with Crippen molar-refractivity contribution >= 4 is 0 Å². The van der Waals surface area contributed by atoms with Gasteiger partial charge < -0.3 is 4.52 Å². The van der Waals surface area contributed by atoms with E-state index in [4.69, 9.17) is 4.52 Å². The van der Waals surface area contributed by atoms with E-state index < -0.39 is 0 Å². The van der Waals surface area contributed by atoms with Crippen LogP contribution in [0.5, 0.6) is 0 Å². The highest BCUT2D eigenvalue weighted by Crippen LogP contribution is 2.20. The fraction of sp³-hybridized carbons (Fsp3) is 0.235. The molecule has 3 rings (SSSR count). The average Bonchev–Trinajstić information content (AvgIpc) is 3.10. The van der Waals surface area contributed by atoms with E-state index in [9.17, 15) is 0 Å². The molecule has 0 saturated heterocycles. The van der Waals surface area contributed by atoms with Crippen LogP contribution >= 0.6 is 0 Å². The lowest BCUT2D eigenvalue weighted by Gasteiger charge is -1.91. The molecular weight excluding hydrogens is 262 g/mol. The number of aromatic nitrogens is 3. The Kier molecular flexibility index (Phi) is 7.43. The number of hydrogen-bond donors (Lipinski definition) is 0. The molecule has 4 heteroatoms. The Morgan fingerprint density at radius 3 is 2.10 bits per heavy atom. The fourth-order valence-electron chi connectivity index (χ4n) is 1.52. The lowest BCUT2D eigenvalue weighted by Crippen LogP contribution is -1.83. The van der Waals surface area contributed by atoms with Crippen LogP contribution < -0.4 is 0 Å². The molecule has 0 spiro atoms. The van der Waals surface area contributed by atoms with Crippen molar-refractivity contribution in [3.8, 4) is 23.0 Å². The zero-order valence-corrected chi connectivity index (χ0v) is 12.9. The third-order valence-electron chi connectivity index (χ3n) is 2.34. The molecule has 21 heavy (non-hydrogen) atoms. The van der Waals surface area contributed by atoms with E-state index in [2.05, 4.69) is 15.1 Å². The fourth-order valence-corrected chi connectivity index (χ4v) is 1.52. The summed E-state index contributed by atoms with van der Waals surface area (Å²) in [7, 11) is 0. The summed E-state index contributed by atoms with van der Waals surface area (Å²) in [5, 5.41) is 3.91. The first-order chi connectivity index (χ1) is 10.4. The number of nitrogens with zero attached hydrogens (tertiary/aromatic N) is 3. The van der Waals surface area contributed by atoms with Gasteiger partial charge >= 0.3 is 0 Å². The largest absolute Gasteiger partial charge is 0.334 e. The van der Waals surface area contributed by atoms with Crippen LogP contribution in [0.2, 0.25) is 0 Å². The van der Waals surface area contributed by atoms with Crippen LogP contribution in [-0.4, -0.2) is 15.1 Å². The van der Waals surface area contributed by atoms with Crippen LogP contribution in [-0.2, 0) is 0 Å². The number of hydrogen-bond acceptors (Lipinski definition) is 4. The molecule has 0 aliphatic carbocycles. The maximum absolute atomic E-state index is 5.20. The van der Waals surface area contributed by atoms with Crippen molar-refractivity contribution in [1.82, 2.24) is 15.1 Å². The molecule has 2 aromatic heterocycles. The molecule has 2 heterocycles. The minimum absolute atomic E-state index is 0.504. The minimum atomic E-state index is 0.504. The van der Waals surface area contributed by atoms with Gasteiger partial charge in [-0.15, -0.1) is 0 Å². The van der Waals surface area contributed by atoms with E-state index >= 15 is 0 Å². The standard InChI is InChI=1S/C13H9N3O.2C2H6/c1-2-6-10(7-3-1)13-15-12(16-17-13)11-8-4-5-9-14-11;2*1-2/h1-9H;2*1-2H3. The lowest BCUT2D eigenvalue weighted by atomic mass is 10.2. The Bertz CT molecular complexity index is 552. The van der Waals surface area contributed by atoms with E-state index in [-0.39, 0.29) is 0 Å².